The first-order valence-electron chi connectivity index (χ1n) is 5.48. The number of carbonyl (C=O) groups is 1. The van der Waals surface area contributed by atoms with Crippen LogP contribution in [0.5, 0.6) is 0 Å². The molecule has 0 spiro atoms. The largest absolute Gasteiger partial charge is 0.469 e. The highest BCUT2D eigenvalue weighted by Crippen LogP contribution is 2.18. The van der Waals surface area contributed by atoms with Crippen molar-refractivity contribution in [3.05, 3.63) is 21.9 Å². The topological polar surface area (TPSA) is 29.5 Å². The maximum absolute atomic E-state index is 11.0. The normalized spacial score (nSPS) is 10.8. The van der Waals surface area contributed by atoms with E-state index in [1.165, 1.54) is 16.9 Å². The monoisotopic (exact) mass is 241 g/mol. The summed E-state index contributed by atoms with van der Waals surface area (Å²) in [4.78, 5) is 15.9. The molecule has 0 bridgehead atoms. The quantitative estimate of drug-likeness (QED) is 0.716. The molecular formula is C12H19NO2S. The van der Waals surface area contributed by atoms with E-state index in [2.05, 4.69) is 28.7 Å². The van der Waals surface area contributed by atoms with Gasteiger partial charge in [0.15, 0.2) is 0 Å². The van der Waals surface area contributed by atoms with Crippen molar-refractivity contribution >= 4 is 17.3 Å². The second kappa shape index (κ2) is 6.66. The Morgan fingerprint density at radius 2 is 2.12 bits per heavy atom. The van der Waals surface area contributed by atoms with Gasteiger partial charge in [0.05, 0.1) is 13.5 Å². The second-order valence-electron chi connectivity index (χ2n) is 3.79. The average Bonchev–Trinajstić information content (AvgIpc) is 2.73. The third-order valence-electron chi connectivity index (χ3n) is 2.42. The number of hydrogen-bond acceptors (Lipinski definition) is 4. The Labute approximate surface area is 101 Å². The van der Waals surface area contributed by atoms with Crippen LogP contribution in [0, 0.1) is 0 Å². The van der Waals surface area contributed by atoms with E-state index >= 15 is 0 Å². The van der Waals surface area contributed by atoms with E-state index in [-0.39, 0.29) is 5.97 Å². The highest BCUT2D eigenvalue weighted by Gasteiger charge is 2.06. The van der Waals surface area contributed by atoms with Crippen LogP contribution >= 0.6 is 11.3 Å². The van der Waals surface area contributed by atoms with Gasteiger partial charge < -0.3 is 9.64 Å². The van der Waals surface area contributed by atoms with E-state index in [1.807, 2.05) is 18.4 Å². The fourth-order valence-corrected chi connectivity index (χ4v) is 2.46. The van der Waals surface area contributed by atoms with Crippen molar-refractivity contribution in [2.75, 3.05) is 20.7 Å². The number of rotatable bonds is 6. The van der Waals surface area contributed by atoms with Crippen LogP contribution in [0.25, 0.3) is 0 Å². The van der Waals surface area contributed by atoms with Crippen LogP contribution in [0.3, 0.4) is 0 Å². The third kappa shape index (κ3) is 4.33. The molecule has 16 heavy (non-hydrogen) atoms. The molecule has 90 valence electrons. The molecule has 3 nitrogen and oxygen atoms in total. The first-order chi connectivity index (χ1) is 7.65. The van der Waals surface area contributed by atoms with E-state index in [0.29, 0.717) is 6.42 Å². The van der Waals surface area contributed by atoms with Crippen LogP contribution in [0.1, 0.15) is 23.1 Å². The molecule has 0 atom stereocenters. The van der Waals surface area contributed by atoms with Gasteiger partial charge in [0.1, 0.15) is 0 Å². The Morgan fingerprint density at radius 1 is 1.44 bits per heavy atom. The summed E-state index contributed by atoms with van der Waals surface area (Å²) < 4.78 is 4.61. The Kier molecular flexibility index (Phi) is 5.49. The highest BCUT2D eigenvalue weighted by atomic mass is 32.1. The summed E-state index contributed by atoms with van der Waals surface area (Å²) in [5.74, 6) is -0.146. The number of hydrogen-bond donors (Lipinski definition) is 0. The third-order valence-corrected chi connectivity index (χ3v) is 3.63. The molecule has 0 radical (unpaired) electrons. The summed E-state index contributed by atoms with van der Waals surface area (Å²) >= 11 is 1.84. The number of ether oxygens (including phenoxy) is 1. The molecule has 0 aliphatic heterocycles. The molecule has 1 aromatic heterocycles. The molecular weight excluding hydrogens is 222 g/mol. The zero-order chi connectivity index (χ0) is 12.0. The molecule has 0 saturated heterocycles. The van der Waals surface area contributed by atoms with E-state index in [0.717, 1.165) is 19.5 Å². The van der Waals surface area contributed by atoms with Gasteiger partial charge in [-0.15, -0.1) is 11.3 Å². The van der Waals surface area contributed by atoms with Gasteiger partial charge in [-0.25, -0.2) is 0 Å². The fourth-order valence-electron chi connectivity index (χ4n) is 1.43. The SMILES string of the molecule is CCc1ccc(CN(C)CCC(=O)OC)s1. The Hall–Kier alpha value is -0.870. The van der Waals surface area contributed by atoms with Crippen molar-refractivity contribution in [3.8, 4) is 0 Å². The van der Waals surface area contributed by atoms with Crippen molar-refractivity contribution in [2.45, 2.75) is 26.3 Å². The van der Waals surface area contributed by atoms with Crippen LogP contribution in [0.2, 0.25) is 0 Å². The molecule has 1 aromatic rings. The molecule has 1 heterocycles. The molecule has 0 amide bonds. The van der Waals surface area contributed by atoms with Crippen molar-refractivity contribution in [1.82, 2.24) is 4.90 Å². The van der Waals surface area contributed by atoms with Crippen molar-refractivity contribution in [2.24, 2.45) is 0 Å². The van der Waals surface area contributed by atoms with Gasteiger partial charge in [-0.2, -0.15) is 0 Å². The smallest absolute Gasteiger partial charge is 0.306 e. The Bertz CT molecular complexity index is 336. The number of aryl methyl sites for hydroxylation is 1. The maximum Gasteiger partial charge on any atom is 0.306 e. The first-order valence-corrected chi connectivity index (χ1v) is 6.30. The first kappa shape index (κ1) is 13.2. The lowest BCUT2D eigenvalue weighted by Crippen LogP contribution is -2.21. The standard InChI is InChI=1S/C12H19NO2S/c1-4-10-5-6-11(16-10)9-13(2)8-7-12(14)15-3/h5-6H,4,7-9H2,1-3H3. The van der Waals surface area contributed by atoms with Crippen molar-refractivity contribution < 1.29 is 9.53 Å². The number of nitrogens with zero attached hydrogens (tertiary/aromatic N) is 1. The Balaban J connectivity index is 2.33. The predicted octanol–water partition coefficient (Wildman–Crippen LogP) is 2.31. The van der Waals surface area contributed by atoms with Gasteiger partial charge in [-0.1, -0.05) is 6.92 Å². The average molecular weight is 241 g/mol. The van der Waals surface area contributed by atoms with Gasteiger partial charge in [-0.3, -0.25) is 4.79 Å². The van der Waals surface area contributed by atoms with E-state index < -0.39 is 0 Å². The number of esters is 1. The molecule has 0 N–H and O–H groups in total. The van der Waals surface area contributed by atoms with E-state index in [1.54, 1.807) is 0 Å². The second-order valence-corrected chi connectivity index (χ2v) is 5.04. The summed E-state index contributed by atoms with van der Waals surface area (Å²) in [6, 6.07) is 4.34. The molecule has 0 fully saturated rings. The highest BCUT2D eigenvalue weighted by molar-refractivity contribution is 7.11. The molecule has 0 aliphatic rings. The summed E-state index contributed by atoms with van der Waals surface area (Å²) in [5.41, 5.74) is 0. The molecule has 0 unspecified atom stereocenters. The summed E-state index contributed by atoms with van der Waals surface area (Å²) in [6.45, 7) is 3.81. The molecule has 1 rings (SSSR count). The van der Waals surface area contributed by atoms with Crippen molar-refractivity contribution in [3.63, 3.8) is 0 Å². The minimum atomic E-state index is -0.146. The lowest BCUT2D eigenvalue weighted by atomic mass is 10.3. The lowest BCUT2D eigenvalue weighted by molar-refractivity contribution is -0.140. The van der Waals surface area contributed by atoms with Gasteiger partial charge in [-0.05, 0) is 25.6 Å². The van der Waals surface area contributed by atoms with Gasteiger partial charge >= 0.3 is 5.97 Å². The summed E-state index contributed by atoms with van der Waals surface area (Å²) in [6.07, 6.45) is 1.55. The minimum Gasteiger partial charge on any atom is -0.469 e. The van der Waals surface area contributed by atoms with Crippen LogP contribution in [0.15, 0.2) is 12.1 Å². The Morgan fingerprint density at radius 3 is 2.69 bits per heavy atom. The van der Waals surface area contributed by atoms with Crippen LogP contribution in [-0.4, -0.2) is 31.6 Å². The molecule has 4 heteroatoms. The van der Waals surface area contributed by atoms with Crippen LogP contribution in [-0.2, 0) is 22.5 Å². The number of thiophene rings is 1. The maximum atomic E-state index is 11.0. The summed E-state index contributed by atoms with van der Waals surface area (Å²) in [5, 5.41) is 0. The predicted molar refractivity (Wildman–Crippen MR) is 66.7 cm³/mol. The zero-order valence-electron chi connectivity index (χ0n) is 10.2. The van der Waals surface area contributed by atoms with E-state index in [4.69, 9.17) is 0 Å². The number of carbonyl (C=O) groups excluding carboxylic acids is 1. The molecule has 0 saturated carbocycles. The lowest BCUT2D eigenvalue weighted by Gasteiger charge is -2.14. The van der Waals surface area contributed by atoms with Gasteiger partial charge in [0.25, 0.3) is 0 Å². The number of methoxy groups -OCH3 is 1. The van der Waals surface area contributed by atoms with Gasteiger partial charge in [0.2, 0.25) is 0 Å². The van der Waals surface area contributed by atoms with Crippen LogP contribution in [0.4, 0.5) is 0 Å². The van der Waals surface area contributed by atoms with Crippen LogP contribution < -0.4 is 0 Å². The van der Waals surface area contributed by atoms with Crippen molar-refractivity contribution in [1.29, 1.82) is 0 Å². The molecule has 0 aliphatic carbocycles. The zero-order valence-corrected chi connectivity index (χ0v) is 11.0. The fraction of sp³-hybridized carbons (Fsp3) is 0.583. The molecule has 0 aromatic carbocycles. The summed E-state index contributed by atoms with van der Waals surface area (Å²) in [7, 11) is 3.45. The minimum absolute atomic E-state index is 0.146. The van der Waals surface area contributed by atoms with Gasteiger partial charge in [0, 0.05) is 22.8 Å². The van der Waals surface area contributed by atoms with E-state index in [9.17, 15) is 4.79 Å².